The molecule has 0 aliphatic rings. The molecule has 3 nitrogen and oxygen atoms in total. The van der Waals surface area contributed by atoms with Crippen LogP contribution in [-0.2, 0) is 6.42 Å². The molecule has 1 heterocycles. The number of ether oxygens (including phenoxy) is 1. The van der Waals surface area contributed by atoms with Gasteiger partial charge in [-0.1, -0.05) is 0 Å². The zero-order valence-electron chi connectivity index (χ0n) is 10.8. The topological polar surface area (TPSA) is 48.1 Å². The average Bonchev–Trinajstić information content (AvgIpc) is 2.81. The van der Waals surface area contributed by atoms with E-state index >= 15 is 0 Å². The van der Waals surface area contributed by atoms with Crippen LogP contribution in [0.3, 0.4) is 0 Å². The maximum Gasteiger partial charge on any atom is 0.122 e. The van der Waals surface area contributed by atoms with Crippen molar-refractivity contribution in [1.29, 1.82) is 0 Å². The molecule has 0 fully saturated rings. The average molecular weight is 262 g/mol. The summed E-state index contributed by atoms with van der Waals surface area (Å²) in [5, 5.41) is 0. The lowest BCUT2D eigenvalue weighted by Gasteiger charge is -2.07. The number of aryl methyl sites for hydroxylation is 1. The molecule has 0 spiro atoms. The lowest BCUT2D eigenvalue weighted by Crippen LogP contribution is -2.00. The zero-order chi connectivity index (χ0) is 13.0. The predicted molar refractivity (Wildman–Crippen MR) is 76.2 cm³/mol. The lowest BCUT2D eigenvalue weighted by atomic mass is 10.1. The van der Waals surface area contributed by atoms with Gasteiger partial charge in [-0.2, -0.15) is 4.37 Å². The minimum atomic E-state index is 0.671. The summed E-state index contributed by atoms with van der Waals surface area (Å²) in [7, 11) is 0. The van der Waals surface area contributed by atoms with E-state index in [1.807, 2.05) is 13.0 Å². The summed E-state index contributed by atoms with van der Waals surface area (Å²) >= 11 is 1.53. The van der Waals surface area contributed by atoms with Crippen LogP contribution in [0, 0.1) is 6.92 Å². The largest absolute Gasteiger partial charge is 0.494 e. The normalized spacial score (nSPS) is 10.6. The molecule has 4 heteroatoms. The van der Waals surface area contributed by atoms with E-state index in [0.29, 0.717) is 13.2 Å². The van der Waals surface area contributed by atoms with E-state index in [0.717, 1.165) is 29.0 Å². The van der Waals surface area contributed by atoms with Crippen molar-refractivity contribution in [2.24, 2.45) is 5.73 Å². The third-order valence-electron chi connectivity index (χ3n) is 2.72. The van der Waals surface area contributed by atoms with Crippen molar-refractivity contribution in [3.63, 3.8) is 0 Å². The van der Waals surface area contributed by atoms with Crippen molar-refractivity contribution >= 4 is 11.5 Å². The molecule has 0 aliphatic heterocycles. The van der Waals surface area contributed by atoms with Gasteiger partial charge in [-0.3, -0.25) is 0 Å². The Labute approximate surface area is 112 Å². The predicted octanol–water partition coefficient (Wildman–Crippen LogP) is 3.02. The van der Waals surface area contributed by atoms with Crippen molar-refractivity contribution in [3.8, 4) is 17.0 Å². The van der Waals surface area contributed by atoms with Gasteiger partial charge in [0.15, 0.2) is 0 Å². The maximum absolute atomic E-state index is 5.55. The quantitative estimate of drug-likeness (QED) is 0.901. The van der Waals surface area contributed by atoms with Crippen LogP contribution in [0.1, 0.15) is 17.4 Å². The van der Waals surface area contributed by atoms with Gasteiger partial charge in [0.1, 0.15) is 5.75 Å². The Morgan fingerprint density at radius 1 is 1.33 bits per heavy atom. The Morgan fingerprint density at radius 3 is 2.83 bits per heavy atom. The lowest BCUT2D eigenvalue weighted by molar-refractivity contribution is 0.338. The minimum absolute atomic E-state index is 0.671. The van der Waals surface area contributed by atoms with E-state index in [4.69, 9.17) is 10.5 Å². The first-order valence-corrected chi connectivity index (χ1v) is 6.91. The molecule has 0 saturated carbocycles. The molecule has 0 saturated heterocycles. The fourth-order valence-corrected chi connectivity index (χ4v) is 2.58. The Kier molecular flexibility index (Phi) is 4.33. The van der Waals surface area contributed by atoms with Crippen LogP contribution >= 0.6 is 11.5 Å². The second-order valence-corrected chi connectivity index (χ2v) is 5.02. The van der Waals surface area contributed by atoms with E-state index in [9.17, 15) is 0 Å². The first-order chi connectivity index (χ1) is 8.74. The van der Waals surface area contributed by atoms with Gasteiger partial charge in [0.05, 0.1) is 12.3 Å². The number of nitrogens with two attached hydrogens (primary N) is 1. The van der Waals surface area contributed by atoms with E-state index in [2.05, 4.69) is 29.5 Å². The molecule has 0 bridgehead atoms. The standard InChI is InChI=1S/C14H18N2OS/c1-3-17-14-5-4-11(8-10(14)2)13-9-12(6-7-15)18-16-13/h4-5,8-9H,3,6-7,15H2,1-2H3. The molecule has 0 atom stereocenters. The van der Waals surface area contributed by atoms with Gasteiger partial charge < -0.3 is 10.5 Å². The monoisotopic (exact) mass is 262 g/mol. The summed E-state index contributed by atoms with van der Waals surface area (Å²) in [6.45, 7) is 5.41. The molecular weight excluding hydrogens is 244 g/mol. The van der Waals surface area contributed by atoms with E-state index in [1.165, 1.54) is 16.4 Å². The van der Waals surface area contributed by atoms with Crippen molar-refractivity contribution in [3.05, 3.63) is 34.7 Å². The van der Waals surface area contributed by atoms with Gasteiger partial charge in [-0.25, -0.2) is 0 Å². The SMILES string of the molecule is CCOc1ccc(-c2cc(CCN)sn2)cc1C. The maximum atomic E-state index is 5.55. The molecule has 0 radical (unpaired) electrons. The van der Waals surface area contributed by atoms with Gasteiger partial charge in [-0.15, -0.1) is 0 Å². The highest BCUT2D eigenvalue weighted by Crippen LogP contribution is 2.27. The molecule has 2 aromatic rings. The number of hydrogen-bond donors (Lipinski definition) is 1. The van der Waals surface area contributed by atoms with E-state index < -0.39 is 0 Å². The number of hydrogen-bond acceptors (Lipinski definition) is 4. The van der Waals surface area contributed by atoms with Crippen LogP contribution in [0.4, 0.5) is 0 Å². The molecular formula is C14H18N2OS. The van der Waals surface area contributed by atoms with Crippen LogP contribution in [0.15, 0.2) is 24.3 Å². The van der Waals surface area contributed by atoms with Gasteiger partial charge in [0.2, 0.25) is 0 Å². The van der Waals surface area contributed by atoms with E-state index in [-0.39, 0.29) is 0 Å². The molecule has 1 aromatic heterocycles. The highest BCUT2D eigenvalue weighted by atomic mass is 32.1. The van der Waals surface area contributed by atoms with Gasteiger partial charge in [-0.05, 0) is 68.2 Å². The highest BCUT2D eigenvalue weighted by Gasteiger charge is 2.06. The zero-order valence-corrected chi connectivity index (χ0v) is 11.6. The summed E-state index contributed by atoms with van der Waals surface area (Å²) in [5.74, 6) is 0.943. The smallest absolute Gasteiger partial charge is 0.122 e. The fraction of sp³-hybridized carbons (Fsp3) is 0.357. The molecule has 0 aliphatic carbocycles. The van der Waals surface area contributed by atoms with Gasteiger partial charge in [0.25, 0.3) is 0 Å². The third kappa shape index (κ3) is 2.89. The number of rotatable bonds is 5. The summed E-state index contributed by atoms with van der Waals surface area (Å²) in [5.41, 5.74) is 8.85. The molecule has 96 valence electrons. The fourth-order valence-electron chi connectivity index (χ4n) is 1.84. The Bertz CT molecular complexity index is 522. The van der Waals surface area contributed by atoms with E-state index in [1.54, 1.807) is 0 Å². The molecule has 0 amide bonds. The first kappa shape index (κ1) is 13.1. The third-order valence-corrected chi connectivity index (χ3v) is 3.56. The van der Waals surface area contributed by atoms with Gasteiger partial charge in [0, 0.05) is 10.4 Å². The van der Waals surface area contributed by atoms with Crippen LogP contribution < -0.4 is 10.5 Å². The first-order valence-electron chi connectivity index (χ1n) is 6.14. The van der Waals surface area contributed by atoms with Gasteiger partial charge >= 0.3 is 0 Å². The Hall–Kier alpha value is -1.39. The van der Waals surface area contributed by atoms with Crippen molar-refractivity contribution < 1.29 is 4.74 Å². The number of aromatic nitrogens is 1. The van der Waals surface area contributed by atoms with Crippen molar-refractivity contribution in [1.82, 2.24) is 4.37 Å². The van der Waals surface area contributed by atoms with Crippen molar-refractivity contribution in [2.45, 2.75) is 20.3 Å². The molecule has 0 unspecified atom stereocenters. The van der Waals surface area contributed by atoms with Crippen LogP contribution in [0.2, 0.25) is 0 Å². The minimum Gasteiger partial charge on any atom is -0.494 e. The summed E-state index contributed by atoms with van der Waals surface area (Å²) in [6, 6.07) is 8.30. The second kappa shape index (κ2) is 5.98. The second-order valence-electron chi connectivity index (χ2n) is 4.13. The Balaban J connectivity index is 2.24. The summed E-state index contributed by atoms with van der Waals surface area (Å²) < 4.78 is 10.0. The van der Waals surface area contributed by atoms with Crippen LogP contribution in [-0.4, -0.2) is 17.5 Å². The molecule has 2 N–H and O–H groups in total. The van der Waals surface area contributed by atoms with Crippen LogP contribution in [0.25, 0.3) is 11.3 Å². The number of nitrogens with zero attached hydrogens (tertiary/aromatic N) is 1. The van der Waals surface area contributed by atoms with Crippen LogP contribution in [0.5, 0.6) is 5.75 Å². The number of benzene rings is 1. The highest BCUT2D eigenvalue weighted by molar-refractivity contribution is 7.06. The van der Waals surface area contributed by atoms with Crippen molar-refractivity contribution in [2.75, 3.05) is 13.2 Å². The molecule has 1 aromatic carbocycles. The summed E-state index contributed by atoms with van der Waals surface area (Å²) in [4.78, 5) is 1.24. The Morgan fingerprint density at radius 2 is 2.17 bits per heavy atom. The summed E-state index contributed by atoms with van der Waals surface area (Å²) in [6.07, 6.45) is 0.897. The molecule has 2 rings (SSSR count). The molecule has 18 heavy (non-hydrogen) atoms.